The van der Waals surface area contributed by atoms with Crippen LogP contribution in [0.5, 0.6) is 5.75 Å². The van der Waals surface area contributed by atoms with Gasteiger partial charge >= 0.3 is 6.09 Å². The van der Waals surface area contributed by atoms with E-state index < -0.39 is 28.8 Å². The van der Waals surface area contributed by atoms with E-state index in [9.17, 15) is 19.1 Å². The van der Waals surface area contributed by atoms with Gasteiger partial charge in [0.2, 0.25) is 0 Å². The first-order chi connectivity index (χ1) is 15.1. The second kappa shape index (κ2) is 7.61. The van der Waals surface area contributed by atoms with Gasteiger partial charge in [-0.1, -0.05) is 13.0 Å². The number of anilines is 2. The molecule has 1 aromatic heterocycles. The van der Waals surface area contributed by atoms with E-state index in [1.807, 2.05) is 11.8 Å². The molecule has 2 aliphatic heterocycles. The summed E-state index contributed by atoms with van der Waals surface area (Å²) in [7, 11) is 0. The third-order valence-corrected chi connectivity index (χ3v) is 5.78. The molecule has 1 saturated heterocycles. The zero-order valence-corrected chi connectivity index (χ0v) is 18.5. The van der Waals surface area contributed by atoms with Crippen LogP contribution in [0.3, 0.4) is 0 Å². The van der Waals surface area contributed by atoms with Crippen molar-refractivity contribution in [1.82, 2.24) is 15.1 Å². The monoisotopic (exact) mass is 443 g/mol. The molecule has 4 rings (SSSR count). The van der Waals surface area contributed by atoms with E-state index in [4.69, 9.17) is 4.74 Å². The predicted molar refractivity (Wildman–Crippen MR) is 116 cm³/mol. The second-order valence-electron chi connectivity index (χ2n) is 8.99. The Labute approximate surface area is 185 Å². The van der Waals surface area contributed by atoms with Crippen molar-refractivity contribution in [2.24, 2.45) is 0 Å². The first kappa shape index (κ1) is 21.8. The van der Waals surface area contributed by atoms with Crippen molar-refractivity contribution in [1.29, 1.82) is 0 Å². The molecular weight excluding hydrogens is 417 g/mol. The fourth-order valence-electron chi connectivity index (χ4n) is 4.16. The molecule has 0 saturated carbocycles. The molecule has 0 bridgehead atoms. The number of carbonyl (C=O) groups is 2. The van der Waals surface area contributed by atoms with E-state index in [1.54, 1.807) is 37.8 Å². The molecule has 0 aliphatic carbocycles. The summed E-state index contributed by atoms with van der Waals surface area (Å²) in [6.07, 6.45) is -0.0396. The maximum atomic E-state index is 13.9. The Balaban J connectivity index is 1.72. The van der Waals surface area contributed by atoms with Gasteiger partial charge in [0.1, 0.15) is 11.1 Å². The SMILES string of the molecule is CCC12CN(C(=O)OC(C)(C)C)CCN1c1cc(-c3cccc(F)c3O)nnc1NC2=O. The number of nitrogens with zero attached hydrogens (tertiary/aromatic N) is 4. The molecular formula is C22H26FN5O4. The topological polar surface area (TPSA) is 108 Å². The molecule has 0 radical (unpaired) electrons. The van der Waals surface area contributed by atoms with Crippen molar-refractivity contribution in [3.05, 3.63) is 30.1 Å². The lowest BCUT2D eigenvalue weighted by Gasteiger charge is -2.52. The lowest BCUT2D eigenvalue weighted by Crippen LogP contribution is -2.70. The molecule has 0 spiro atoms. The number of halogens is 1. The van der Waals surface area contributed by atoms with Crippen LogP contribution in [-0.2, 0) is 9.53 Å². The summed E-state index contributed by atoms with van der Waals surface area (Å²) < 4.78 is 19.4. The summed E-state index contributed by atoms with van der Waals surface area (Å²) in [5, 5.41) is 21.1. The van der Waals surface area contributed by atoms with Crippen LogP contribution in [0.1, 0.15) is 34.1 Å². The number of aromatic hydroxyl groups is 1. The van der Waals surface area contributed by atoms with Gasteiger partial charge in [0.05, 0.1) is 17.9 Å². The smallest absolute Gasteiger partial charge is 0.410 e. The van der Waals surface area contributed by atoms with Gasteiger partial charge in [-0.05, 0) is 45.4 Å². The first-order valence-electron chi connectivity index (χ1n) is 10.5. The number of amides is 2. The third-order valence-electron chi connectivity index (χ3n) is 5.78. The van der Waals surface area contributed by atoms with Crippen LogP contribution < -0.4 is 10.2 Å². The Bertz CT molecular complexity index is 1090. The first-order valence-corrected chi connectivity index (χ1v) is 10.5. The number of phenols is 1. The molecule has 1 aromatic carbocycles. The van der Waals surface area contributed by atoms with Gasteiger partial charge in [-0.15, -0.1) is 10.2 Å². The molecule has 2 aliphatic rings. The van der Waals surface area contributed by atoms with E-state index in [-0.39, 0.29) is 29.5 Å². The van der Waals surface area contributed by atoms with Crippen molar-refractivity contribution in [2.75, 3.05) is 29.9 Å². The number of phenolic OH excluding ortho intramolecular Hbond substituents is 1. The Morgan fingerprint density at radius 3 is 2.75 bits per heavy atom. The number of hydrogen-bond acceptors (Lipinski definition) is 7. The number of hydrogen-bond donors (Lipinski definition) is 2. The standard InChI is InChI=1S/C22H26FN5O4/c1-5-22-12-27(20(31)32-21(2,3)4)9-10-28(22)16-11-15(25-26-18(16)24-19(22)30)13-7-6-8-14(23)17(13)29/h6-8,11,29H,5,9-10,12H2,1-4H3,(H,24,26,30). The maximum absolute atomic E-state index is 13.9. The van der Waals surface area contributed by atoms with Crippen molar-refractivity contribution in [3.8, 4) is 17.0 Å². The molecule has 1 atom stereocenters. The van der Waals surface area contributed by atoms with Crippen LogP contribution in [0, 0.1) is 5.82 Å². The van der Waals surface area contributed by atoms with Crippen LogP contribution in [0.4, 0.5) is 20.7 Å². The number of ether oxygens (including phenoxy) is 1. The predicted octanol–water partition coefficient (Wildman–Crippen LogP) is 3.15. The minimum atomic E-state index is -1.02. The van der Waals surface area contributed by atoms with Crippen molar-refractivity contribution in [3.63, 3.8) is 0 Å². The number of carbonyl (C=O) groups excluding carboxylic acids is 2. The van der Waals surface area contributed by atoms with E-state index in [2.05, 4.69) is 15.5 Å². The maximum Gasteiger partial charge on any atom is 0.410 e. The molecule has 9 nitrogen and oxygen atoms in total. The molecule has 1 unspecified atom stereocenters. The van der Waals surface area contributed by atoms with Crippen LogP contribution >= 0.6 is 0 Å². The number of nitrogens with one attached hydrogen (secondary N) is 1. The number of rotatable bonds is 2. The van der Waals surface area contributed by atoms with E-state index in [0.717, 1.165) is 6.07 Å². The van der Waals surface area contributed by atoms with E-state index >= 15 is 0 Å². The number of para-hydroxylation sites is 1. The third kappa shape index (κ3) is 3.59. The summed E-state index contributed by atoms with van der Waals surface area (Å²) in [4.78, 5) is 29.3. The zero-order chi connectivity index (χ0) is 23.3. The summed E-state index contributed by atoms with van der Waals surface area (Å²) in [5.74, 6) is -1.27. The highest BCUT2D eigenvalue weighted by molar-refractivity contribution is 6.06. The number of fused-ring (bicyclic) bond motifs is 3. The van der Waals surface area contributed by atoms with Gasteiger partial charge in [-0.3, -0.25) is 4.79 Å². The summed E-state index contributed by atoms with van der Waals surface area (Å²) in [6.45, 7) is 8.13. The summed E-state index contributed by atoms with van der Waals surface area (Å²) in [5.41, 5.74) is -0.592. The summed E-state index contributed by atoms with van der Waals surface area (Å²) in [6, 6.07) is 5.85. The number of piperazine rings is 1. The fraction of sp³-hybridized carbons (Fsp3) is 0.455. The number of benzene rings is 1. The molecule has 1 fully saturated rings. The van der Waals surface area contributed by atoms with Crippen molar-refractivity contribution >= 4 is 23.5 Å². The van der Waals surface area contributed by atoms with Crippen LogP contribution in [0.15, 0.2) is 24.3 Å². The molecule has 2 N–H and O–H groups in total. The normalized spacial score (nSPS) is 20.3. The molecule has 10 heteroatoms. The van der Waals surface area contributed by atoms with Gasteiger partial charge in [-0.25, -0.2) is 9.18 Å². The highest BCUT2D eigenvalue weighted by Gasteiger charge is 2.52. The number of aromatic nitrogens is 2. The van der Waals surface area contributed by atoms with Gasteiger partial charge in [0.25, 0.3) is 5.91 Å². The van der Waals surface area contributed by atoms with Gasteiger partial charge in [0.15, 0.2) is 17.4 Å². The highest BCUT2D eigenvalue weighted by Crippen LogP contribution is 2.42. The lowest BCUT2D eigenvalue weighted by atomic mass is 9.87. The van der Waals surface area contributed by atoms with Crippen molar-refractivity contribution in [2.45, 2.75) is 45.3 Å². The molecule has 32 heavy (non-hydrogen) atoms. The van der Waals surface area contributed by atoms with E-state index in [0.29, 0.717) is 25.2 Å². The summed E-state index contributed by atoms with van der Waals surface area (Å²) >= 11 is 0. The zero-order valence-electron chi connectivity index (χ0n) is 18.5. The van der Waals surface area contributed by atoms with Crippen LogP contribution in [-0.4, -0.2) is 63.0 Å². The molecule has 3 heterocycles. The van der Waals surface area contributed by atoms with Gasteiger partial charge in [0, 0.05) is 18.7 Å². The minimum Gasteiger partial charge on any atom is -0.504 e. The fourth-order valence-corrected chi connectivity index (χ4v) is 4.16. The second-order valence-corrected chi connectivity index (χ2v) is 8.99. The largest absolute Gasteiger partial charge is 0.504 e. The lowest BCUT2D eigenvalue weighted by molar-refractivity contribution is -0.123. The quantitative estimate of drug-likeness (QED) is 0.734. The van der Waals surface area contributed by atoms with Gasteiger partial charge in [-0.2, -0.15) is 0 Å². The average Bonchev–Trinajstić information content (AvgIpc) is 2.74. The molecule has 2 aromatic rings. The molecule has 2 amide bonds. The molecule has 170 valence electrons. The van der Waals surface area contributed by atoms with Crippen LogP contribution in [0.25, 0.3) is 11.3 Å². The van der Waals surface area contributed by atoms with Crippen molar-refractivity contribution < 1.29 is 23.8 Å². The average molecular weight is 443 g/mol. The Morgan fingerprint density at radius 2 is 2.06 bits per heavy atom. The van der Waals surface area contributed by atoms with Crippen LogP contribution in [0.2, 0.25) is 0 Å². The Kier molecular flexibility index (Phi) is 5.18. The van der Waals surface area contributed by atoms with E-state index in [1.165, 1.54) is 6.07 Å². The minimum absolute atomic E-state index is 0.145. The van der Waals surface area contributed by atoms with Gasteiger partial charge < -0.3 is 25.0 Å². The Morgan fingerprint density at radius 1 is 1.31 bits per heavy atom. The highest BCUT2D eigenvalue weighted by atomic mass is 19.1. The Hall–Kier alpha value is -3.43.